The molecule has 10 atom stereocenters. The minimum atomic E-state index is -1.49. The van der Waals surface area contributed by atoms with Gasteiger partial charge in [0.2, 0.25) is 41.4 Å². The van der Waals surface area contributed by atoms with Crippen LogP contribution in [-0.2, 0) is 89.6 Å². The van der Waals surface area contributed by atoms with Crippen LogP contribution in [-0.4, -0.2) is 194 Å². The number of carbonyl (C=O) groups excluding carboxylic acids is 10. The number of phenolic OH excluding ortho intramolecular Hbond substituents is 1. The van der Waals surface area contributed by atoms with Gasteiger partial charge in [0, 0.05) is 100 Å². The fourth-order valence-electron chi connectivity index (χ4n) is 11.8. The minimum Gasteiger partial charge on any atom is -0.508 e. The largest absolute Gasteiger partial charge is 0.508 e. The highest BCUT2D eigenvalue weighted by molar-refractivity contribution is 8.00. The molecule has 14 N–H and O–H groups in total. The van der Waals surface area contributed by atoms with Gasteiger partial charge in [0.25, 0.3) is 0 Å². The number of rotatable bonds is 33. The van der Waals surface area contributed by atoms with Gasteiger partial charge in [-0.3, -0.25) is 47.8 Å². The molecule has 4 aromatic rings. The van der Waals surface area contributed by atoms with E-state index < -0.39 is 83.6 Å². The van der Waals surface area contributed by atoms with Gasteiger partial charge < -0.3 is 78.3 Å². The Kier molecular flexibility index (Phi) is 32.4. The Morgan fingerprint density at radius 1 is 0.633 bits per heavy atom. The normalized spacial score (nSPS) is 23.2. The molecule has 0 radical (unpaired) electrons. The van der Waals surface area contributed by atoms with Gasteiger partial charge in [0.1, 0.15) is 41.7 Å². The van der Waals surface area contributed by atoms with Gasteiger partial charge in [-0.2, -0.15) is 11.8 Å². The van der Waals surface area contributed by atoms with Crippen molar-refractivity contribution in [2.75, 3.05) is 45.4 Å². The number of unbranched alkanes of at least 4 members (excludes halogenated alkanes) is 3. The second kappa shape index (κ2) is 41.2. The van der Waals surface area contributed by atoms with Crippen LogP contribution in [0.5, 0.6) is 5.75 Å². The standard InChI is InChI=1S/C68H99N15O14S/c1-43(2)34-53-64(90)74-52(25-26-60(70)87)63(89)78-56(38-46-39-71-42-72-46)67(93)73-51(58(86)19-10-13-29-96-31-33-97-32-30-95-28-12-9-17-48(84)16-6-7-20-59-61-57(41-98-59)79-68(94)80-61)18-8-11-27-83-40-47(81-82-83)37-50(69)62(88)75-54(35-44-14-4-3-5-15-44)65(91)77-55(66(92)76-53)36-45-21-23-49(85)24-22-45/h3-5,14-15,21-24,39-40,42-43,50-57,59,61,85H,6-13,16-20,25-38,41,69H2,1-2H3,(H2,70,87)(H,71,72)(H,73,93)(H,74,90)(H,75,88)(H,76,92)(H,77,91)(H,78,89)(H2,79,80,94)/t50-,51-,52-,53-,54-,55-,56-,57+,59?,61+/m0/s1. The third kappa shape index (κ3) is 27.2. The molecule has 9 amide bonds. The van der Waals surface area contributed by atoms with Crippen LogP contribution in [0.2, 0.25) is 0 Å². The summed E-state index contributed by atoms with van der Waals surface area (Å²) in [6.45, 7) is 6.27. The van der Waals surface area contributed by atoms with Gasteiger partial charge in [-0.05, 0) is 99.8 Å². The molecule has 2 aromatic heterocycles. The van der Waals surface area contributed by atoms with Crippen LogP contribution < -0.4 is 54.0 Å². The quantitative estimate of drug-likeness (QED) is 0.0240. The third-order valence-electron chi connectivity index (χ3n) is 17.2. The van der Waals surface area contributed by atoms with Crippen molar-refractivity contribution in [3.63, 3.8) is 0 Å². The summed E-state index contributed by atoms with van der Waals surface area (Å²) in [5.41, 5.74) is 14.1. The SMILES string of the molecule is CC(C)C[C@@H]1NC(=O)[C@H](Cc2ccc(O)cc2)NC(=O)[C@H](Cc2ccccc2)NC(=O)[C@@H](N)Cc2cn(nn2)CCCC[C@@H](C(=O)CCCCOCCOCCOCCCCC(=O)CCCCC2SC[C@H]3NC(=O)N[C@@H]23)NC(=O)[C@H](Cc2cnc[nH]2)NC(=O)[C@H](CCC(N)=O)NC1=O. The number of carbonyl (C=O) groups is 10. The number of H-pyrrole nitrogens is 1. The molecule has 3 aliphatic rings. The van der Waals surface area contributed by atoms with Crippen molar-refractivity contribution in [3.8, 4) is 5.75 Å². The number of hydrogen-bond acceptors (Lipinski definition) is 19. The highest BCUT2D eigenvalue weighted by Gasteiger charge is 2.43. The number of nitrogens with one attached hydrogen (secondary N) is 9. The van der Waals surface area contributed by atoms with Gasteiger partial charge >= 0.3 is 6.03 Å². The summed E-state index contributed by atoms with van der Waals surface area (Å²) >= 11 is 1.89. The Labute approximate surface area is 575 Å². The van der Waals surface area contributed by atoms with Crippen molar-refractivity contribution >= 4 is 70.7 Å². The molecule has 2 bridgehead atoms. The molecule has 536 valence electrons. The average Bonchev–Trinajstić information content (AvgIpc) is 1.64. The maximum Gasteiger partial charge on any atom is 0.315 e. The van der Waals surface area contributed by atoms with Crippen molar-refractivity contribution in [3.05, 3.63) is 95.8 Å². The Hall–Kier alpha value is -8.32. The number of aryl methyl sites for hydroxylation is 1. The van der Waals surface area contributed by atoms with E-state index >= 15 is 0 Å². The lowest BCUT2D eigenvalue weighted by Crippen LogP contribution is -2.60. The molecule has 2 fully saturated rings. The number of fused-ring (bicyclic) bond motifs is 3. The highest BCUT2D eigenvalue weighted by atomic mass is 32.2. The Bertz CT molecular complexity index is 3200. The van der Waals surface area contributed by atoms with E-state index in [1.807, 2.05) is 11.8 Å². The van der Waals surface area contributed by atoms with Crippen LogP contribution in [0.1, 0.15) is 139 Å². The molecule has 0 saturated carbocycles. The van der Waals surface area contributed by atoms with Gasteiger partial charge in [-0.25, -0.2) is 9.78 Å². The number of aromatic nitrogens is 5. The van der Waals surface area contributed by atoms with Crippen LogP contribution in [0.25, 0.3) is 0 Å². The lowest BCUT2D eigenvalue weighted by atomic mass is 9.99. The number of benzene rings is 2. The van der Waals surface area contributed by atoms with Gasteiger partial charge in [-0.1, -0.05) is 67.9 Å². The highest BCUT2D eigenvalue weighted by Crippen LogP contribution is 2.33. The maximum absolute atomic E-state index is 14.7. The molecule has 98 heavy (non-hydrogen) atoms. The fraction of sp³-hybridized carbons (Fsp3) is 0.603. The number of thioether (sulfide) groups is 1. The van der Waals surface area contributed by atoms with Crippen LogP contribution >= 0.6 is 11.8 Å². The van der Waals surface area contributed by atoms with E-state index in [0.717, 1.165) is 37.9 Å². The molecule has 29 nitrogen and oxygen atoms in total. The number of amides is 9. The first-order chi connectivity index (χ1) is 47.3. The van der Waals surface area contributed by atoms with Crippen molar-refractivity contribution in [2.45, 2.75) is 208 Å². The molecule has 5 heterocycles. The molecule has 2 saturated heterocycles. The minimum absolute atomic E-state index is 0.00984. The summed E-state index contributed by atoms with van der Waals surface area (Å²) in [7, 11) is 0. The van der Waals surface area contributed by atoms with Crippen LogP contribution in [0.3, 0.4) is 0 Å². The van der Waals surface area contributed by atoms with Crippen LogP contribution in [0, 0.1) is 5.92 Å². The second-order valence-electron chi connectivity index (χ2n) is 25.7. The van der Waals surface area contributed by atoms with E-state index in [2.05, 4.69) is 62.8 Å². The summed E-state index contributed by atoms with van der Waals surface area (Å²) in [6.07, 6.45) is 11.1. The summed E-state index contributed by atoms with van der Waals surface area (Å²) in [5.74, 6) is -4.84. The predicted octanol–water partition coefficient (Wildman–Crippen LogP) is 1.96. The van der Waals surface area contributed by atoms with Gasteiger partial charge in [0.15, 0.2) is 5.78 Å². The maximum atomic E-state index is 14.7. The van der Waals surface area contributed by atoms with E-state index in [1.165, 1.54) is 24.7 Å². The number of phenols is 1. The van der Waals surface area contributed by atoms with Crippen LogP contribution in [0.15, 0.2) is 73.3 Å². The number of aromatic hydroxyl groups is 1. The van der Waals surface area contributed by atoms with Crippen molar-refractivity contribution in [1.29, 1.82) is 0 Å². The van der Waals surface area contributed by atoms with Gasteiger partial charge in [0.05, 0.1) is 62.6 Å². The van der Waals surface area contributed by atoms with E-state index in [4.69, 9.17) is 25.7 Å². The molecular weight excluding hydrogens is 1280 g/mol. The number of Topliss-reactive ketones (excluding diaryl/α,β-unsaturated/α-hetero) is 2. The molecule has 1 unspecified atom stereocenters. The first-order valence-corrected chi connectivity index (χ1v) is 35.3. The van der Waals surface area contributed by atoms with Crippen molar-refractivity contribution < 1.29 is 67.3 Å². The van der Waals surface area contributed by atoms with E-state index in [0.29, 0.717) is 112 Å². The fourth-order valence-corrected chi connectivity index (χ4v) is 13.4. The summed E-state index contributed by atoms with van der Waals surface area (Å²) in [6, 6.07) is 6.06. The molecule has 7 rings (SSSR count). The molecule has 2 aromatic carbocycles. The smallest absolute Gasteiger partial charge is 0.315 e. The van der Waals surface area contributed by atoms with Crippen molar-refractivity contribution in [1.82, 2.24) is 67.5 Å². The first kappa shape index (κ1) is 77.0. The zero-order chi connectivity index (χ0) is 70.2. The molecule has 0 aliphatic carbocycles. The van der Waals surface area contributed by atoms with Crippen molar-refractivity contribution in [2.24, 2.45) is 17.4 Å². The summed E-state index contributed by atoms with van der Waals surface area (Å²) < 4.78 is 18.7. The lowest BCUT2D eigenvalue weighted by Gasteiger charge is -2.28. The van der Waals surface area contributed by atoms with Gasteiger partial charge in [-0.15, -0.1) is 5.10 Å². The number of ether oxygens (including phenoxy) is 3. The summed E-state index contributed by atoms with van der Waals surface area (Å²) in [4.78, 5) is 145. The molecule has 0 spiro atoms. The van der Waals surface area contributed by atoms with E-state index in [-0.39, 0.29) is 99.1 Å². The Balaban J connectivity index is 0.963. The first-order valence-electron chi connectivity index (χ1n) is 34.3. The van der Waals surface area contributed by atoms with Crippen LogP contribution in [0.4, 0.5) is 4.79 Å². The number of nitrogens with zero attached hydrogens (tertiary/aromatic N) is 4. The number of primary amides is 1. The Morgan fingerprint density at radius 3 is 1.87 bits per heavy atom. The Morgan fingerprint density at radius 2 is 1.21 bits per heavy atom. The topological polar surface area (TPSA) is 426 Å². The number of ketones is 2. The van der Waals surface area contributed by atoms with E-state index in [1.54, 1.807) is 67.2 Å². The number of nitrogens with two attached hydrogens (primary N) is 2. The average molecular weight is 1380 g/mol. The zero-order valence-electron chi connectivity index (χ0n) is 56.2. The summed E-state index contributed by atoms with van der Waals surface area (Å²) in [5, 5.41) is 41.6. The second-order valence-corrected chi connectivity index (χ2v) is 27.0. The third-order valence-corrected chi connectivity index (χ3v) is 18.7. The number of imidazole rings is 1. The predicted molar refractivity (Wildman–Crippen MR) is 363 cm³/mol. The molecule has 30 heteroatoms. The van der Waals surface area contributed by atoms with E-state index in [9.17, 15) is 53.1 Å². The number of urea groups is 1. The number of aromatic amines is 1. The zero-order valence-corrected chi connectivity index (χ0v) is 57.0. The monoisotopic (exact) mass is 1380 g/mol. The molecular formula is C68H99N15O14S. The number of hydrogen-bond donors (Lipinski definition) is 12. The lowest BCUT2D eigenvalue weighted by molar-refractivity contribution is -0.136. The molecule has 3 aliphatic heterocycles.